The molecule has 4 heterocycles. The summed E-state index contributed by atoms with van der Waals surface area (Å²) in [5, 5.41) is 12.1. The lowest BCUT2D eigenvalue weighted by Gasteiger charge is -2.39. The molecule has 0 spiro atoms. The van der Waals surface area contributed by atoms with Gasteiger partial charge >= 0.3 is 0 Å². The van der Waals surface area contributed by atoms with Crippen molar-refractivity contribution in [2.24, 2.45) is 11.8 Å². The van der Waals surface area contributed by atoms with Gasteiger partial charge in [-0.15, -0.1) is 0 Å². The Kier molecular flexibility index (Phi) is 14.2. The predicted octanol–water partition coefficient (Wildman–Crippen LogP) is 6.34. The van der Waals surface area contributed by atoms with Crippen molar-refractivity contribution in [1.82, 2.24) is 35.4 Å². The number of thiazole rings is 2. The Morgan fingerprint density at radius 2 is 1.52 bits per heavy atom. The van der Waals surface area contributed by atoms with Crippen LogP contribution >= 0.6 is 46.2 Å². The van der Waals surface area contributed by atoms with E-state index in [9.17, 15) is 28.8 Å². The van der Waals surface area contributed by atoms with E-state index in [4.69, 9.17) is 0 Å². The van der Waals surface area contributed by atoms with Crippen LogP contribution in [-0.4, -0.2) is 99.0 Å². The Morgan fingerprint density at radius 1 is 0.823 bits per heavy atom. The fourth-order valence-corrected chi connectivity index (χ4v) is 10.7. The summed E-state index contributed by atoms with van der Waals surface area (Å²) in [5.41, 5.74) is 3.99. The number of hydrogen-bond donors (Lipinski definition) is 4. The molecule has 7 rings (SSSR count). The largest absolute Gasteiger partial charge is 0.351 e. The third-order valence-electron chi connectivity index (χ3n) is 10.4. The van der Waals surface area contributed by atoms with Gasteiger partial charge in [-0.1, -0.05) is 58.8 Å². The molecule has 0 unspecified atom stereocenters. The average Bonchev–Trinajstić information content (AvgIpc) is 4.19. The van der Waals surface area contributed by atoms with Crippen molar-refractivity contribution in [2.75, 3.05) is 43.4 Å². The van der Waals surface area contributed by atoms with Gasteiger partial charge in [0, 0.05) is 78.2 Å². The minimum Gasteiger partial charge on any atom is -0.351 e. The highest BCUT2D eigenvalue weighted by Gasteiger charge is 2.33. The number of piperazine rings is 1. The van der Waals surface area contributed by atoms with E-state index in [0.717, 1.165) is 62.4 Å². The summed E-state index contributed by atoms with van der Waals surface area (Å²) in [4.78, 5) is 95.6. The summed E-state index contributed by atoms with van der Waals surface area (Å²) in [6, 6.07) is 5.34. The van der Waals surface area contributed by atoms with Crippen LogP contribution in [0.2, 0.25) is 0 Å². The summed E-state index contributed by atoms with van der Waals surface area (Å²) >= 11 is 5.56. The van der Waals surface area contributed by atoms with E-state index in [-0.39, 0.29) is 66.2 Å². The second kappa shape index (κ2) is 19.8. The lowest BCUT2D eigenvalue weighted by atomic mass is 10.0. The van der Waals surface area contributed by atoms with Gasteiger partial charge in [-0.2, -0.15) is 0 Å². The molecule has 324 valence electrons. The highest BCUT2D eigenvalue weighted by Crippen LogP contribution is 2.41. The third-order valence-corrected chi connectivity index (χ3v) is 14.9. The van der Waals surface area contributed by atoms with Crippen LogP contribution in [0.3, 0.4) is 0 Å². The van der Waals surface area contributed by atoms with Crippen LogP contribution in [0, 0.1) is 32.6 Å². The van der Waals surface area contributed by atoms with E-state index in [0.29, 0.717) is 45.4 Å². The number of aryl methyl sites for hydroxylation is 3. The maximum absolute atomic E-state index is 14.0. The van der Waals surface area contributed by atoms with Crippen LogP contribution < -0.4 is 21.3 Å². The molecule has 0 bridgehead atoms. The Balaban J connectivity index is 1.00. The number of anilines is 2. The van der Waals surface area contributed by atoms with E-state index in [2.05, 4.69) is 42.8 Å². The van der Waals surface area contributed by atoms with Gasteiger partial charge in [-0.25, -0.2) is 9.97 Å². The first-order valence-electron chi connectivity index (χ1n) is 20.2. The fraction of sp³-hybridized carbons (Fsp3) is 0.372. The van der Waals surface area contributed by atoms with Crippen LogP contribution in [0.25, 0.3) is 6.08 Å². The lowest BCUT2D eigenvalue weighted by molar-refractivity contribution is -0.130. The number of amides is 6. The number of aromatic nitrogens is 3. The summed E-state index contributed by atoms with van der Waals surface area (Å²) in [6.07, 6.45) is 11.1. The van der Waals surface area contributed by atoms with Crippen molar-refractivity contribution in [3.63, 3.8) is 0 Å². The molecule has 15 nitrogen and oxygen atoms in total. The minimum absolute atomic E-state index is 0.0115. The first kappa shape index (κ1) is 44.7. The van der Waals surface area contributed by atoms with Crippen LogP contribution in [0.4, 0.5) is 10.3 Å². The van der Waals surface area contributed by atoms with Gasteiger partial charge in [0.15, 0.2) is 10.3 Å². The highest BCUT2D eigenvalue weighted by molar-refractivity contribution is 8.01. The molecular formula is C43H47N9O6S4. The number of hydrogen-bond acceptors (Lipinski definition) is 13. The molecule has 4 N–H and O–H groups in total. The molecular weight excluding hydrogens is 867 g/mol. The normalized spacial score (nSPS) is 16.2. The zero-order valence-corrected chi connectivity index (χ0v) is 38.0. The molecule has 19 heteroatoms. The number of rotatable bonds is 16. The number of nitrogens with one attached hydrogen (secondary N) is 4. The SMILES string of the molecule is C=CC(=O)NCCNC(=O)c1cc(Sc2sc(NC(=O)C3CC3)nc2C=CC(=O)N2CCN(C(=O)c3cc(Sc4cnc(NC(=O)C5CC5)s4)c(C)cc3C)C[C@H]2C)c(C)cn1. The lowest BCUT2D eigenvalue weighted by Crippen LogP contribution is -2.55. The van der Waals surface area contributed by atoms with Crippen molar-refractivity contribution >= 4 is 98.0 Å². The van der Waals surface area contributed by atoms with Crippen LogP contribution in [0.1, 0.15) is 75.8 Å². The van der Waals surface area contributed by atoms with E-state index < -0.39 is 5.91 Å². The van der Waals surface area contributed by atoms with E-state index in [1.807, 2.05) is 39.8 Å². The Morgan fingerprint density at radius 3 is 2.21 bits per heavy atom. The molecule has 1 saturated heterocycles. The summed E-state index contributed by atoms with van der Waals surface area (Å²) in [7, 11) is 0. The average molecular weight is 914 g/mol. The van der Waals surface area contributed by atoms with E-state index in [1.165, 1.54) is 52.3 Å². The summed E-state index contributed by atoms with van der Waals surface area (Å²) in [6.45, 7) is 12.6. The second-order valence-electron chi connectivity index (χ2n) is 15.4. The van der Waals surface area contributed by atoms with Crippen molar-refractivity contribution in [2.45, 2.75) is 77.6 Å². The van der Waals surface area contributed by atoms with Gasteiger partial charge in [0.05, 0.1) is 20.3 Å². The van der Waals surface area contributed by atoms with Crippen LogP contribution in [0.15, 0.2) is 67.5 Å². The molecule has 1 aliphatic heterocycles. The monoisotopic (exact) mass is 913 g/mol. The Hall–Kier alpha value is -5.37. The quantitative estimate of drug-likeness (QED) is 0.0724. The third kappa shape index (κ3) is 11.4. The van der Waals surface area contributed by atoms with Crippen LogP contribution in [0.5, 0.6) is 0 Å². The highest BCUT2D eigenvalue weighted by atomic mass is 32.2. The van der Waals surface area contributed by atoms with Gasteiger partial charge in [0.25, 0.3) is 11.8 Å². The second-order valence-corrected chi connectivity index (χ2v) is 20.1. The topological polar surface area (TPSA) is 196 Å². The number of nitrogens with zero attached hydrogens (tertiary/aromatic N) is 5. The van der Waals surface area contributed by atoms with Crippen molar-refractivity contribution < 1.29 is 28.8 Å². The smallest absolute Gasteiger partial charge is 0.269 e. The van der Waals surface area contributed by atoms with Crippen molar-refractivity contribution in [3.05, 3.63) is 83.0 Å². The molecule has 3 fully saturated rings. The minimum atomic E-state index is -0.404. The van der Waals surface area contributed by atoms with Gasteiger partial charge in [0.2, 0.25) is 23.6 Å². The molecule has 4 aromatic rings. The number of pyridine rings is 1. The van der Waals surface area contributed by atoms with Gasteiger partial charge in [0.1, 0.15) is 5.69 Å². The zero-order chi connectivity index (χ0) is 44.1. The number of carbonyl (C=O) groups is 6. The maximum Gasteiger partial charge on any atom is 0.269 e. The molecule has 3 aliphatic rings. The fourth-order valence-electron chi connectivity index (χ4n) is 6.55. The van der Waals surface area contributed by atoms with Crippen molar-refractivity contribution in [3.8, 4) is 0 Å². The van der Waals surface area contributed by atoms with Gasteiger partial charge < -0.3 is 31.1 Å². The van der Waals surface area contributed by atoms with Gasteiger partial charge in [-0.3, -0.25) is 33.8 Å². The van der Waals surface area contributed by atoms with E-state index in [1.54, 1.807) is 34.3 Å². The molecule has 6 amide bonds. The first-order valence-corrected chi connectivity index (χ1v) is 23.5. The molecule has 1 aromatic carbocycles. The standard InChI is InChI=1S/C43H47N9O6S4/c1-6-34(53)44-13-14-45-39(57)31-19-33(25(4)20-46-31)60-41-30(48-43(62-41)50-38(56)28-9-10-28)11-12-35(54)52-16-15-51(22-26(52)5)40(58)29-18-32(24(3)17-23(29)2)59-36-21-47-42(61-36)49-37(55)27-7-8-27/h6,11-12,17-21,26-28H,1,7-10,13-16,22H2,2-5H3,(H,44,53)(H,45,57)(H,47,49,55)(H,48,50,56)/t26-/m1/s1. The molecule has 0 radical (unpaired) electrons. The molecule has 2 aliphatic carbocycles. The van der Waals surface area contributed by atoms with Crippen molar-refractivity contribution in [1.29, 1.82) is 0 Å². The predicted molar refractivity (Wildman–Crippen MR) is 242 cm³/mol. The van der Waals surface area contributed by atoms with Gasteiger partial charge in [-0.05, 0) is 94.4 Å². The van der Waals surface area contributed by atoms with E-state index >= 15 is 0 Å². The molecule has 2 saturated carbocycles. The maximum atomic E-state index is 14.0. The molecule has 62 heavy (non-hydrogen) atoms. The molecule has 1 atom stereocenters. The number of benzene rings is 1. The Labute approximate surface area is 376 Å². The zero-order valence-electron chi connectivity index (χ0n) is 34.7. The Bertz CT molecular complexity index is 2460. The first-order chi connectivity index (χ1) is 29.8. The summed E-state index contributed by atoms with van der Waals surface area (Å²) < 4.78 is 1.61. The summed E-state index contributed by atoms with van der Waals surface area (Å²) in [5.74, 6) is -1.10. The van der Waals surface area contributed by atoms with Crippen LogP contribution in [-0.2, 0) is 19.2 Å². The molecule has 3 aromatic heterocycles. The number of carbonyl (C=O) groups excluding carboxylic acids is 6.